The van der Waals surface area contributed by atoms with Gasteiger partial charge in [0.1, 0.15) is 13.2 Å². The summed E-state index contributed by atoms with van der Waals surface area (Å²) in [5, 5.41) is 0. The van der Waals surface area contributed by atoms with E-state index in [0.29, 0.717) is 19.3 Å². The SMILES string of the molecule is CC/C=C/C/C=C/CCCCCCCCCC(=O)OC(COC(=O)CC/C=C/C/C=C/CCCCCCCC)COC(=O)CCCCCCCCCCCCCCCCCCCC. The Morgan fingerprint density at radius 2 is 0.651 bits per heavy atom. The molecule has 6 nitrogen and oxygen atoms in total. The van der Waals surface area contributed by atoms with E-state index in [1.807, 2.05) is 6.08 Å². The number of esters is 3. The van der Waals surface area contributed by atoms with Gasteiger partial charge >= 0.3 is 17.9 Å². The lowest BCUT2D eigenvalue weighted by Crippen LogP contribution is -2.30. The van der Waals surface area contributed by atoms with Crippen molar-refractivity contribution in [3.63, 3.8) is 0 Å². The van der Waals surface area contributed by atoms with E-state index in [2.05, 4.69) is 63.3 Å². The first-order valence-electron chi connectivity index (χ1n) is 27.1. The smallest absolute Gasteiger partial charge is 0.306 e. The second-order valence-corrected chi connectivity index (χ2v) is 18.1. The van der Waals surface area contributed by atoms with Crippen molar-refractivity contribution in [2.75, 3.05) is 13.2 Å². The first-order chi connectivity index (χ1) is 31.0. The van der Waals surface area contributed by atoms with E-state index in [-0.39, 0.29) is 37.5 Å². The number of carbonyl (C=O) groups is 3. The van der Waals surface area contributed by atoms with Crippen LogP contribution in [0.5, 0.6) is 0 Å². The van der Waals surface area contributed by atoms with Gasteiger partial charge in [-0.25, -0.2) is 0 Å². The Balaban J connectivity index is 4.38. The molecular weight excluding hydrogens is 781 g/mol. The van der Waals surface area contributed by atoms with E-state index in [9.17, 15) is 14.4 Å². The fourth-order valence-corrected chi connectivity index (χ4v) is 7.77. The fourth-order valence-electron chi connectivity index (χ4n) is 7.77. The van der Waals surface area contributed by atoms with Crippen molar-refractivity contribution < 1.29 is 28.6 Å². The van der Waals surface area contributed by atoms with Crippen LogP contribution < -0.4 is 0 Å². The quantitative estimate of drug-likeness (QED) is 0.0262. The molecule has 0 bridgehead atoms. The third kappa shape index (κ3) is 50.2. The van der Waals surface area contributed by atoms with Crippen molar-refractivity contribution in [1.29, 1.82) is 0 Å². The number of carbonyl (C=O) groups excluding carboxylic acids is 3. The summed E-state index contributed by atoms with van der Waals surface area (Å²) in [4.78, 5) is 38.0. The van der Waals surface area contributed by atoms with Gasteiger partial charge in [0.15, 0.2) is 6.10 Å². The predicted molar refractivity (Wildman–Crippen MR) is 270 cm³/mol. The maximum absolute atomic E-state index is 12.8. The minimum absolute atomic E-state index is 0.0908. The van der Waals surface area contributed by atoms with Crippen LogP contribution in [0.15, 0.2) is 48.6 Å². The van der Waals surface area contributed by atoms with Crippen molar-refractivity contribution in [3.8, 4) is 0 Å². The highest BCUT2D eigenvalue weighted by Gasteiger charge is 2.19. The number of rotatable bonds is 49. The molecule has 366 valence electrons. The molecule has 63 heavy (non-hydrogen) atoms. The van der Waals surface area contributed by atoms with Crippen LogP contribution in [0.4, 0.5) is 0 Å². The van der Waals surface area contributed by atoms with Crippen molar-refractivity contribution in [2.45, 2.75) is 284 Å². The molecule has 0 radical (unpaired) electrons. The summed E-state index contributed by atoms with van der Waals surface area (Å²) in [5.74, 6) is -0.960. The van der Waals surface area contributed by atoms with Gasteiger partial charge in [0.25, 0.3) is 0 Å². The zero-order valence-corrected chi connectivity index (χ0v) is 41.8. The second kappa shape index (κ2) is 52.0. The van der Waals surface area contributed by atoms with Crippen molar-refractivity contribution >= 4 is 17.9 Å². The molecule has 0 rings (SSSR count). The Bertz CT molecular complexity index is 1110. The van der Waals surface area contributed by atoms with Crippen LogP contribution in [0.1, 0.15) is 278 Å². The zero-order chi connectivity index (χ0) is 45.8. The Labute approximate surface area is 390 Å². The van der Waals surface area contributed by atoms with Gasteiger partial charge in [-0.05, 0) is 64.2 Å². The molecule has 0 heterocycles. The van der Waals surface area contributed by atoms with Crippen LogP contribution in [0.2, 0.25) is 0 Å². The first-order valence-corrected chi connectivity index (χ1v) is 27.1. The molecule has 1 atom stereocenters. The molecule has 0 spiro atoms. The van der Waals surface area contributed by atoms with E-state index in [0.717, 1.165) is 70.6 Å². The molecule has 0 aromatic heterocycles. The molecule has 0 aromatic rings. The molecule has 6 heteroatoms. The van der Waals surface area contributed by atoms with Crippen molar-refractivity contribution in [1.82, 2.24) is 0 Å². The molecular formula is C57H102O6. The number of unbranched alkanes of at least 4 members (excludes halogenated alkanes) is 30. The highest BCUT2D eigenvalue weighted by Crippen LogP contribution is 2.16. The number of hydrogen-bond donors (Lipinski definition) is 0. The maximum atomic E-state index is 12.8. The lowest BCUT2D eigenvalue weighted by atomic mass is 10.0. The van der Waals surface area contributed by atoms with Gasteiger partial charge in [0, 0.05) is 19.3 Å². The monoisotopic (exact) mass is 883 g/mol. The molecule has 0 fully saturated rings. The summed E-state index contributed by atoms with van der Waals surface area (Å²) >= 11 is 0. The molecule has 1 unspecified atom stereocenters. The van der Waals surface area contributed by atoms with Crippen LogP contribution in [0.3, 0.4) is 0 Å². The third-order valence-corrected chi connectivity index (χ3v) is 11.8. The van der Waals surface area contributed by atoms with Gasteiger partial charge in [-0.15, -0.1) is 0 Å². The van der Waals surface area contributed by atoms with E-state index >= 15 is 0 Å². The van der Waals surface area contributed by atoms with E-state index < -0.39 is 6.10 Å². The second-order valence-electron chi connectivity index (χ2n) is 18.1. The lowest BCUT2D eigenvalue weighted by Gasteiger charge is -2.18. The molecule has 0 N–H and O–H groups in total. The van der Waals surface area contributed by atoms with E-state index in [1.165, 1.54) is 161 Å². The highest BCUT2D eigenvalue weighted by atomic mass is 16.6. The van der Waals surface area contributed by atoms with Gasteiger partial charge in [0.05, 0.1) is 0 Å². The van der Waals surface area contributed by atoms with E-state index in [4.69, 9.17) is 14.2 Å². The molecule has 0 aliphatic carbocycles. The summed E-state index contributed by atoms with van der Waals surface area (Å²) in [7, 11) is 0. The van der Waals surface area contributed by atoms with Crippen molar-refractivity contribution in [2.24, 2.45) is 0 Å². The Morgan fingerprint density at radius 3 is 1.05 bits per heavy atom. The fraction of sp³-hybridized carbons (Fsp3) is 0.807. The van der Waals surface area contributed by atoms with Gasteiger partial charge in [-0.3, -0.25) is 14.4 Å². The normalized spacial score (nSPS) is 12.4. The minimum atomic E-state index is -0.797. The largest absolute Gasteiger partial charge is 0.462 e. The Hall–Kier alpha value is -2.63. The lowest BCUT2D eigenvalue weighted by molar-refractivity contribution is -0.166. The third-order valence-electron chi connectivity index (χ3n) is 11.8. The summed E-state index contributed by atoms with van der Waals surface area (Å²) in [6.45, 7) is 6.49. The molecule has 0 aliphatic heterocycles. The predicted octanol–water partition coefficient (Wildman–Crippen LogP) is 17.9. The maximum Gasteiger partial charge on any atom is 0.306 e. The molecule has 0 aliphatic rings. The summed E-state index contributed by atoms with van der Waals surface area (Å²) < 4.78 is 16.8. The molecule has 0 amide bonds. The van der Waals surface area contributed by atoms with Crippen LogP contribution in [-0.2, 0) is 28.6 Å². The van der Waals surface area contributed by atoms with Crippen molar-refractivity contribution in [3.05, 3.63) is 48.6 Å². The average molecular weight is 883 g/mol. The van der Waals surface area contributed by atoms with Gasteiger partial charge in [-0.2, -0.15) is 0 Å². The highest BCUT2D eigenvalue weighted by molar-refractivity contribution is 5.71. The summed E-state index contributed by atoms with van der Waals surface area (Å²) in [5.41, 5.74) is 0. The zero-order valence-electron chi connectivity index (χ0n) is 41.8. The topological polar surface area (TPSA) is 78.9 Å². The average Bonchev–Trinajstić information content (AvgIpc) is 3.28. The molecule has 0 saturated heterocycles. The number of ether oxygens (including phenoxy) is 3. The van der Waals surface area contributed by atoms with Crippen LogP contribution in [0.25, 0.3) is 0 Å². The van der Waals surface area contributed by atoms with Crippen LogP contribution in [-0.4, -0.2) is 37.2 Å². The van der Waals surface area contributed by atoms with Gasteiger partial charge < -0.3 is 14.2 Å². The summed E-state index contributed by atoms with van der Waals surface area (Å²) in [6.07, 6.45) is 62.6. The number of allylic oxidation sites excluding steroid dienone is 8. The number of hydrogen-bond acceptors (Lipinski definition) is 6. The Morgan fingerprint density at radius 1 is 0.333 bits per heavy atom. The minimum Gasteiger partial charge on any atom is -0.462 e. The van der Waals surface area contributed by atoms with Gasteiger partial charge in [0.2, 0.25) is 0 Å². The van der Waals surface area contributed by atoms with E-state index in [1.54, 1.807) is 0 Å². The van der Waals surface area contributed by atoms with Crippen LogP contribution >= 0.6 is 0 Å². The standard InChI is InChI=1S/C57H102O6/c1-4-7-10-13-16-19-22-25-27-28-29-30-33-35-38-41-44-47-50-56(59)62-53-54(52-61-55(58)49-46-43-40-37-34-31-24-21-18-15-12-9-6-3)63-57(60)51-48-45-42-39-36-32-26-23-20-17-14-11-8-5-2/h8,11,17,20,31,34,40,43,54H,4-7,9-10,12-16,18-19,21-30,32-33,35-39,41-42,44-53H2,1-3H3/b11-8+,20-17+,34-31+,43-40+. The molecule has 0 aromatic carbocycles. The summed E-state index contributed by atoms with van der Waals surface area (Å²) in [6, 6.07) is 0. The van der Waals surface area contributed by atoms with Crippen LogP contribution in [0, 0.1) is 0 Å². The Kier molecular flexibility index (Phi) is 49.8. The molecule has 0 saturated carbocycles. The van der Waals surface area contributed by atoms with Gasteiger partial charge in [-0.1, -0.05) is 243 Å². The first kappa shape index (κ1) is 60.4.